The van der Waals surface area contributed by atoms with E-state index in [0.717, 1.165) is 16.7 Å². The molecule has 196 valence electrons. The van der Waals surface area contributed by atoms with Crippen LogP contribution >= 0.6 is 0 Å². The molecule has 0 saturated heterocycles. The van der Waals surface area contributed by atoms with Gasteiger partial charge >= 0.3 is 0 Å². The van der Waals surface area contributed by atoms with Gasteiger partial charge in [0.2, 0.25) is 5.88 Å². The molecule has 0 spiro atoms. The van der Waals surface area contributed by atoms with E-state index in [4.69, 9.17) is 9.47 Å². The molecule has 4 rings (SSSR count). The Morgan fingerprint density at radius 2 is 1.63 bits per heavy atom. The first-order valence-electron chi connectivity index (χ1n) is 11.6. The number of aryl methyl sites for hydroxylation is 4. The lowest BCUT2D eigenvalue weighted by Crippen LogP contribution is -2.31. The van der Waals surface area contributed by atoms with Crippen molar-refractivity contribution in [1.29, 1.82) is 0 Å². The predicted octanol–water partition coefficient (Wildman–Crippen LogP) is 5.44. The number of sulfonamides is 1. The molecule has 10 heteroatoms. The van der Waals surface area contributed by atoms with Crippen LogP contribution in [0, 0.1) is 33.5 Å². The van der Waals surface area contributed by atoms with E-state index >= 15 is 0 Å². The van der Waals surface area contributed by atoms with E-state index in [1.807, 2.05) is 37.6 Å². The molecule has 38 heavy (non-hydrogen) atoms. The number of ether oxygens (including phenoxy) is 2. The van der Waals surface area contributed by atoms with Crippen LogP contribution in [0.2, 0.25) is 0 Å². The summed E-state index contributed by atoms with van der Waals surface area (Å²) < 4.78 is 53.3. The quantitative estimate of drug-likeness (QED) is 0.336. The topological polar surface area (TPSA) is 107 Å². The number of nitrogens with one attached hydrogen (secondary N) is 1. The first-order valence-corrected chi connectivity index (χ1v) is 13.1. The number of carbonyl (C=O) groups excluding carboxylic acids is 1. The molecule has 0 bridgehead atoms. The Hall–Kier alpha value is -4.31. The molecule has 1 amide bonds. The zero-order valence-electron chi connectivity index (χ0n) is 21.5. The molecule has 0 radical (unpaired) electrons. The number of pyridine rings is 2. The second-order valence-corrected chi connectivity index (χ2v) is 10.4. The third-order valence-corrected chi connectivity index (χ3v) is 6.95. The van der Waals surface area contributed by atoms with Gasteiger partial charge in [-0.25, -0.2) is 19.1 Å². The van der Waals surface area contributed by atoms with Crippen molar-refractivity contribution in [3.63, 3.8) is 0 Å². The van der Waals surface area contributed by atoms with E-state index < -0.39 is 21.7 Å². The van der Waals surface area contributed by atoms with Crippen LogP contribution in [0.3, 0.4) is 0 Å². The number of benzene rings is 2. The molecule has 0 atom stereocenters. The number of halogens is 1. The minimum atomic E-state index is -4.27. The van der Waals surface area contributed by atoms with Crippen molar-refractivity contribution in [3.8, 4) is 28.6 Å². The highest BCUT2D eigenvalue weighted by Gasteiger charge is 2.25. The van der Waals surface area contributed by atoms with Crippen molar-refractivity contribution in [2.75, 3.05) is 7.11 Å². The van der Waals surface area contributed by atoms with Gasteiger partial charge in [-0.3, -0.25) is 4.79 Å². The summed E-state index contributed by atoms with van der Waals surface area (Å²) in [5, 5.41) is -0.295. The van der Waals surface area contributed by atoms with Crippen molar-refractivity contribution in [1.82, 2.24) is 14.7 Å². The monoisotopic (exact) mass is 535 g/mol. The molecule has 0 unspecified atom stereocenters. The third-order valence-electron chi connectivity index (χ3n) is 5.72. The van der Waals surface area contributed by atoms with Gasteiger partial charge < -0.3 is 9.47 Å². The van der Waals surface area contributed by atoms with Crippen LogP contribution < -0.4 is 14.2 Å². The van der Waals surface area contributed by atoms with Crippen LogP contribution in [-0.4, -0.2) is 31.4 Å². The third kappa shape index (κ3) is 5.65. The zero-order valence-corrected chi connectivity index (χ0v) is 22.3. The maximum atomic E-state index is 14.4. The van der Waals surface area contributed by atoms with Gasteiger partial charge in [0, 0.05) is 11.3 Å². The zero-order chi connectivity index (χ0) is 27.6. The van der Waals surface area contributed by atoms with Gasteiger partial charge in [-0.2, -0.15) is 8.42 Å². The van der Waals surface area contributed by atoms with E-state index in [2.05, 4.69) is 9.97 Å². The van der Waals surface area contributed by atoms with Crippen molar-refractivity contribution in [2.45, 2.75) is 32.7 Å². The second kappa shape index (κ2) is 10.6. The Kier molecular flexibility index (Phi) is 7.45. The van der Waals surface area contributed by atoms with Crippen LogP contribution in [0.25, 0.3) is 11.3 Å². The molecule has 0 aliphatic heterocycles. The fourth-order valence-corrected chi connectivity index (χ4v) is 4.98. The lowest BCUT2D eigenvalue weighted by molar-refractivity contribution is 0.0978. The summed E-state index contributed by atoms with van der Waals surface area (Å²) in [7, 11) is -2.91. The fraction of sp³-hybridized carbons (Fsp3) is 0.179. The minimum Gasteiger partial charge on any atom is -0.494 e. The second-order valence-electron chi connectivity index (χ2n) is 8.78. The Bertz CT molecular complexity index is 1630. The van der Waals surface area contributed by atoms with Crippen molar-refractivity contribution >= 4 is 15.9 Å². The molecule has 2 aromatic carbocycles. The first-order chi connectivity index (χ1) is 18.0. The van der Waals surface area contributed by atoms with E-state index in [1.165, 1.54) is 43.5 Å². The van der Waals surface area contributed by atoms with Gasteiger partial charge in [-0.1, -0.05) is 23.8 Å². The maximum Gasteiger partial charge on any atom is 0.281 e. The summed E-state index contributed by atoms with van der Waals surface area (Å²) in [6.07, 6.45) is 0. The van der Waals surface area contributed by atoms with Gasteiger partial charge in [-0.15, -0.1) is 0 Å². The molecule has 2 aromatic heterocycles. The van der Waals surface area contributed by atoms with E-state index in [9.17, 15) is 17.6 Å². The standard InChI is InChI=1S/C28H26FN3O5S/c1-16-13-17(2)26(18(3)14-16)37-28-21(27(33)32-38(34,35)25-8-6-7-19(4)30-25)10-11-23(31-28)20-9-12-24(36-5)22(29)15-20/h6-15H,1-5H3,(H,32,33). The molecule has 0 saturated carbocycles. The Labute approximate surface area is 220 Å². The largest absolute Gasteiger partial charge is 0.494 e. The Morgan fingerprint density at radius 3 is 2.26 bits per heavy atom. The minimum absolute atomic E-state index is 0.0714. The summed E-state index contributed by atoms with van der Waals surface area (Å²) in [4.78, 5) is 21.7. The molecule has 1 N–H and O–H groups in total. The van der Waals surface area contributed by atoms with Gasteiger partial charge in [0.25, 0.3) is 15.9 Å². The van der Waals surface area contributed by atoms with Crippen molar-refractivity contribution in [3.05, 3.63) is 94.4 Å². The van der Waals surface area contributed by atoms with Gasteiger partial charge in [0.1, 0.15) is 11.3 Å². The van der Waals surface area contributed by atoms with E-state index in [0.29, 0.717) is 22.7 Å². The Morgan fingerprint density at radius 1 is 0.921 bits per heavy atom. The summed E-state index contributed by atoms with van der Waals surface area (Å²) in [6, 6.07) is 15.5. The summed E-state index contributed by atoms with van der Waals surface area (Å²) in [5.74, 6) is -1.14. The van der Waals surface area contributed by atoms with Crippen LogP contribution in [0.4, 0.5) is 4.39 Å². The fourth-order valence-electron chi connectivity index (χ4n) is 4.00. The number of nitrogens with zero attached hydrogens (tertiary/aromatic N) is 2. The lowest BCUT2D eigenvalue weighted by Gasteiger charge is -2.16. The average Bonchev–Trinajstić information content (AvgIpc) is 2.85. The van der Waals surface area contributed by atoms with Gasteiger partial charge in [-0.05, 0) is 81.3 Å². The van der Waals surface area contributed by atoms with E-state index in [-0.39, 0.29) is 22.2 Å². The van der Waals surface area contributed by atoms with Gasteiger partial charge in [0.05, 0.1) is 12.8 Å². The SMILES string of the molecule is COc1ccc(-c2ccc(C(=O)NS(=O)(=O)c3cccc(C)n3)c(Oc3c(C)cc(C)cc3C)n2)cc1F. The molecule has 0 aliphatic rings. The highest BCUT2D eigenvalue weighted by molar-refractivity contribution is 7.90. The maximum absolute atomic E-state index is 14.4. The molecule has 8 nitrogen and oxygen atoms in total. The lowest BCUT2D eigenvalue weighted by atomic mass is 10.1. The van der Waals surface area contributed by atoms with Crippen LogP contribution in [0.15, 0.2) is 65.7 Å². The van der Waals surface area contributed by atoms with Crippen LogP contribution in [0.5, 0.6) is 17.4 Å². The van der Waals surface area contributed by atoms with Crippen molar-refractivity contribution < 1.29 is 27.1 Å². The molecule has 0 aliphatic carbocycles. The highest BCUT2D eigenvalue weighted by atomic mass is 32.2. The average molecular weight is 536 g/mol. The number of carbonyl (C=O) groups is 1. The number of hydrogen-bond donors (Lipinski definition) is 1. The molecule has 0 fully saturated rings. The van der Waals surface area contributed by atoms with Crippen LogP contribution in [0.1, 0.15) is 32.7 Å². The molecular formula is C28H26FN3O5S. The Balaban J connectivity index is 1.79. The highest BCUT2D eigenvalue weighted by Crippen LogP contribution is 2.33. The van der Waals surface area contributed by atoms with Gasteiger partial charge in [0.15, 0.2) is 16.6 Å². The number of amides is 1. The number of rotatable bonds is 7. The summed E-state index contributed by atoms with van der Waals surface area (Å²) in [5.41, 5.74) is 3.70. The molecule has 2 heterocycles. The van der Waals surface area contributed by atoms with E-state index in [1.54, 1.807) is 19.1 Å². The number of hydrogen-bond acceptors (Lipinski definition) is 7. The number of methoxy groups -OCH3 is 1. The molecule has 4 aromatic rings. The summed E-state index contributed by atoms with van der Waals surface area (Å²) >= 11 is 0. The van der Waals surface area contributed by atoms with Crippen molar-refractivity contribution in [2.24, 2.45) is 0 Å². The molecular weight excluding hydrogens is 509 g/mol. The first kappa shape index (κ1) is 26.7. The van der Waals surface area contributed by atoms with Crippen LogP contribution in [-0.2, 0) is 10.0 Å². The summed E-state index contributed by atoms with van der Waals surface area (Å²) in [6.45, 7) is 7.30. The predicted molar refractivity (Wildman–Crippen MR) is 141 cm³/mol. The normalized spacial score (nSPS) is 11.2. The number of aromatic nitrogens is 2. The smallest absolute Gasteiger partial charge is 0.281 e.